The Morgan fingerprint density at radius 3 is 1.82 bits per heavy atom. The van der Waals surface area contributed by atoms with Crippen LogP contribution in [0.2, 0.25) is 5.02 Å². The summed E-state index contributed by atoms with van der Waals surface area (Å²) in [7, 11) is -5.48. The number of nitrogens with zero attached hydrogens (tertiary/aromatic N) is 3. The van der Waals surface area contributed by atoms with Gasteiger partial charge in [0.25, 0.3) is 5.91 Å². The Bertz CT molecular complexity index is 1810. The van der Waals surface area contributed by atoms with Crippen LogP contribution in [0.1, 0.15) is 130 Å². The molecule has 56 heavy (non-hydrogen) atoms. The van der Waals surface area contributed by atoms with Crippen LogP contribution in [-0.4, -0.2) is 72.9 Å². The second-order valence-corrected chi connectivity index (χ2v) is 20.1. The molecule has 0 bridgehead atoms. The molecular formula is C42H68ClN5O6S2. The predicted molar refractivity (Wildman–Crippen MR) is 236 cm³/mol. The first kappa shape index (κ1) is 49.1. The van der Waals surface area contributed by atoms with Crippen LogP contribution in [0.25, 0.3) is 0 Å². The zero-order valence-corrected chi connectivity index (χ0v) is 37.6. The number of ketones is 1. The number of halogens is 1. The summed E-state index contributed by atoms with van der Waals surface area (Å²) >= 11 is 6.49. The molecule has 316 valence electrons. The fourth-order valence-corrected chi connectivity index (χ4v) is 8.15. The van der Waals surface area contributed by atoms with Crippen molar-refractivity contribution in [3.05, 3.63) is 47.0 Å². The van der Waals surface area contributed by atoms with E-state index in [1.807, 2.05) is 30.9 Å². The standard InChI is InChI=1S/C42H68ClN5O6S2/c1-9-11-12-13-14-15-16-17-18-19-20-21-22-23-30-56(53,54)47(7)34-24-26-36(43)38(32-34)46-41(50)39(40(49)42(4,5)6)45-37-27-25-35(31-33(37)3)48(10-2)29-28-44-55(8,51)52/h24-27,31-32,44H,9-23,28-30H2,1-8H3,(H,46,50). The summed E-state index contributed by atoms with van der Waals surface area (Å²) in [6.45, 7) is 12.4. The molecule has 0 fully saturated rings. The topological polar surface area (TPSA) is 145 Å². The molecule has 1 amide bonds. The first-order chi connectivity index (χ1) is 26.3. The minimum Gasteiger partial charge on any atom is -0.370 e. The smallest absolute Gasteiger partial charge is 0.278 e. The zero-order valence-electron chi connectivity index (χ0n) is 35.2. The van der Waals surface area contributed by atoms with Gasteiger partial charge < -0.3 is 10.2 Å². The van der Waals surface area contributed by atoms with Crippen LogP contribution < -0.4 is 19.2 Å². The number of rotatable bonds is 27. The highest BCUT2D eigenvalue weighted by Gasteiger charge is 2.32. The lowest BCUT2D eigenvalue weighted by atomic mass is 9.87. The number of amides is 1. The Hall–Kier alpha value is -3.00. The van der Waals surface area contributed by atoms with Crippen molar-refractivity contribution in [1.29, 1.82) is 0 Å². The number of sulfonamides is 2. The van der Waals surface area contributed by atoms with Crippen LogP contribution in [0.5, 0.6) is 0 Å². The lowest BCUT2D eigenvalue weighted by molar-refractivity contribution is -0.121. The second kappa shape index (κ2) is 24.0. The van der Waals surface area contributed by atoms with Gasteiger partial charge >= 0.3 is 0 Å². The number of benzene rings is 2. The molecule has 0 aliphatic carbocycles. The number of unbranched alkanes of at least 4 members (excludes halogenated alkanes) is 13. The van der Waals surface area contributed by atoms with E-state index in [1.54, 1.807) is 32.9 Å². The molecule has 0 heterocycles. The highest BCUT2D eigenvalue weighted by molar-refractivity contribution is 7.92. The number of hydrogen-bond acceptors (Lipinski definition) is 8. The van der Waals surface area contributed by atoms with Gasteiger partial charge in [-0.1, -0.05) is 123 Å². The average molecular weight is 839 g/mol. The molecule has 0 aliphatic heterocycles. The molecule has 2 aromatic carbocycles. The van der Waals surface area contributed by atoms with Gasteiger partial charge in [0.2, 0.25) is 20.0 Å². The van der Waals surface area contributed by atoms with Crippen molar-refractivity contribution in [3.63, 3.8) is 0 Å². The summed E-state index contributed by atoms with van der Waals surface area (Å²) in [4.78, 5) is 34.0. The van der Waals surface area contributed by atoms with Gasteiger partial charge in [0.15, 0.2) is 11.5 Å². The molecule has 0 unspecified atom stereocenters. The number of anilines is 3. The monoisotopic (exact) mass is 837 g/mol. The molecular weight excluding hydrogens is 770 g/mol. The normalized spacial score (nSPS) is 12.5. The number of likely N-dealkylation sites (N-methyl/N-ethyl adjacent to an activating group) is 1. The largest absolute Gasteiger partial charge is 0.370 e. The van der Waals surface area contributed by atoms with E-state index in [9.17, 15) is 26.4 Å². The van der Waals surface area contributed by atoms with E-state index >= 15 is 0 Å². The van der Waals surface area contributed by atoms with Gasteiger partial charge in [0.1, 0.15) is 0 Å². The van der Waals surface area contributed by atoms with E-state index in [0.717, 1.165) is 31.2 Å². The van der Waals surface area contributed by atoms with Crippen LogP contribution in [0, 0.1) is 12.3 Å². The number of carbonyl (C=O) groups excluding carboxylic acids is 2. The van der Waals surface area contributed by atoms with Gasteiger partial charge in [-0.3, -0.25) is 13.9 Å². The van der Waals surface area contributed by atoms with Gasteiger partial charge in [-0.15, -0.1) is 0 Å². The SMILES string of the molecule is CCCCCCCCCCCCCCCCS(=O)(=O)N(C)c1ccc(Cl)c(NC(=O)C(=Nc2ccc(N(CC)CCNS(C)(=O)=O)cc2C)C(=O)C(C)(C)C)c1. The summed E-state index contributed by atoms with van der Waals surface area (Å²) in [5.41, 5.74) is 1.16. The van der Waals surface area contributed by atoms with Crippen LogP contribution in [0.4, 0.5) is 22.7 Å². The van der Waals surface area contributed by atoms with Crippen LogP contribution >= 0.6 is 11.6 Å². The Morgan fingerprint density at radius 1 is 0.786 bits per heavy atom. The molecule has 0 radical (unpaired) electrons. The molecule has 11 nitrogen and oxygen atoms in total. The number of carbonyl (C=O) groups is 2. The first-order valence-electron chi connectivity index (χ1n) is 20.3. The number of aryl methyl sites for hydroxylation is 1. The van der Waals surface area contributed by atoms with Crippen molar-refractivity contribution in [2.45, 2.75) is 131 Å². The third-order valence-electron chi connectivity index (χ3n) is 9.75. The van der Waals surface area contributed by atoms with E-state index < -0.39 is 37.2 Å². The van der Waals surface area contributed by atoms with E-state index in [1.165, 1.54) is 87.7 Å². The predicted octanol–water partition coefficient (Wildman–Crippen LogP) is 9.60. The van der Waals surface area contributed by atoms with Gasteiger partial charge in [0.05, 0.1) is 34.1 Å². The van der Waals surface area contributed by atoms with E-state index in [-0.39, 0.29) is 28.7 Å². The highest BCUT2D eigenvalue weighted by Crippen LogP contribution is 2.30. The lowest BCUT2D eigenvalue weighted by Gasteiger charge is -2.24. The van der Waals surface area contributed by atoms with Crippen LogP contribution in [-0.2, 0) is 29.6 Å². The van der Waals surface area contributed by atoms with Crippen LogP contribution in [0.15, 0.2) is 41.4 Å². The van der Waals surface area contributed by atoms with Crippen molar-refractivity contribution >= 4 is 71.8 Å². The quantitative estimate of drug-likeness (QED) is 0.0518. The molecule has 14 heteroatoms. The summed E-state index contributed by atoms with van der Waals surface area (Å²) < 4.78 is 53.3. The summed E-state index contributed by atoms with van der Waals surface area (Å²) in [5, 5.41) is 2.89. The maximum Gasteiger partial charge on any atom is 0.278 e. The number of nitrogens with one attached hydrogen (secondary N) is 2. The van der Waals surface area contributed by atoms with Gasteiger partial charge in [-0.25, -0.2) is 26.6 Å². The second-order valence-electron chi connectivity index (χ2n) is 15.8. The van der Waals surface area contributed by atoms with E-state index in [0.29, 0.717) is 36.4 Å². The first-order valence-corrected chi connectivity index (χ1v) is 24.2. The van der Waals surface area contributed by atoms with Gasteiger partial charge in [0, 0.05) is 37.8 Å². The third kappa shape index (κ3) is 17.6. The minimum atomic E-state index is -3.64. The third-order valence-corrected chi connectivity index (χ3v) is 12.7. The number of hydrogen-bond donors (Lipinski definition) is 2. The van der Waals surface area contributed by atoms with E-state index in [4.69, 9.17) is 11.6 Å². The van der Waals surface area contributed by atoms with Crippen molar-refractivity contribution in [2.75, 3.05) is 53.2 Å². The average Bonchev–Trinajstić information content (AvgIpc) is 3.12. The molecule has 2 N–H and O–H groups in total. The van der Waals surface area contributed by atoms with Crippen molar-refractivity contribution in [3.8, 4) is 0 Å². The molecule has 0 saturated heterocycles. The Kier molecular flexibility index (Phi) is 21.1. The molecule has 0 spiro atoms. The maximum absolute atomic E-state index is 13.8. The van der Waals surface area contributed by atoms with Gasteiger partial charge in [-0.2, -0.15) is 0 Å². The van der Waals surface area contributed by atoms with Gasteiger partial charge in [-0.05, 0) is 62.2 Å². The molecule has 0 atom stereocenters. The molecule has 0 aromatic heterocycles. The number of Topliss-reactive ketones (excluding diaryl/α,β-unsaturated/α-hetero) is 1. The number of aliphatic imine (C=N–C) groups is 1. The van der Waals surface area contributed by atoms with Crippen molar-refractivity contribution in [2.24, 2.45) is 10.4 Å². The molecule has 0 aliphatic rings. The van der Waals surface area contributed by atoms with Crippen molar-refractivity contribution < 1.29 is 26.4 Å². The summed E-state index contributed by atoms with van der Waals surface area (Å²) in [5.74, 6) is -1.25. The summed E-state index contributed by atoms with van der Waals surface area (Å²) in [6, 6.07) is 9.97. The fourth-order valence-electron chi connectivity index (χ4n) is 6.24. The minimum absolute atomic E-state index is 0.00837. The Morgan fingerprint density at radius 2 is 1.32 bits per heavy atom. The summed E-state index contributed by atoms with van der Waals surface area (Å²) in [6.07, 6.45) is 17.7. The Labute approximate surface area is 343 Å². The highest BCUT2D eigenvalue weighted by atomic mass is 35.5. The molecule has 2 aromatic rings. The zero-order chi connectivity index (χ0) is 41.9. The fraction of sp³-hybridized carbons (Fsp3) is 0.643. The van der Waals surface area contributed by atoms with E-state index in [2.05, 4.69) is 22.0 Å². The Balaban J connectivity index is 2.09. The maximum atomic E-state index is 13.8. The molecule has 0 saturated carbocycles. The van der Waals surface area contributed by atoms with Crippen molar-refractivity contribution in [1.82, 2.24) is 4.72 Å². The lowest BCUT2D eigenvalue weighted by Crippen LogP contribution is -2.37. The van der Waals surface area contributed by atoms with Crippen LogP contribution in [0.3, 0.4) is 0 Å². The molecule has 2 rings (SSSR count).